The molecule has 1 rings (SSSR count). The third kappa shape index (κ3) is 4.77. The molecule has 0 spiro atoms. The first-order valence-electron chi connectivity index (χ1n) is 6.22. The highest BCUT2D eigenvalue weighted by Gasteiger charge is 2.08. The molecule has 1 N–H and O–H groups in total. The average molecular weight is 220 g/mol. The van der Waals surface area contributed by atoms with Crippen LogP contribution in [-0.4, -0.2) is 30.6 Å². The van der Waals surface area contributed by atoms with Crippen LogP contribution in [0, 0.1) is 0 Å². The Morgan fingerprint density at radius 1 is 1.19 bits per heavy atom. The summed E-state index contributed by atoms with van der Waals surface area (Å²) in [5.74, 6) is 0. The lowest BCUT2D eigenvalue weighted by Gasteiger charge is -2.26. The van der Waals surface area contributed by atoms with Crippen molar-refractivity contribution in [3.05, 3.63) is 35.9 Å². The topological polar surface area (TPSA) is 15.3 Å². The molecule has 0 saturated carbocycles. The van der Waals surface area contributed by atoms with Crippen LogP contribution in [-0.2, 0) is 6.54 Å². The lowest BCUT2D eigenvalue weighted by molar-refractivity contribution is 0.214. The van der Waals surface area contributed by atoms with Gasteiger partial charge in [0.2, 0.25) is 0 Å². The van der Waals surface area contributed by atoms with Crippen molar-refractivity contribution in [3.63, 3.8) is 0 Å². The normalized spacial score (nSPS) is 11.3. The van der Waals surface area contributed by atoms with Crippen molar-refractivity contribution in [2.45, 2.75) is 33.4 Å². The van der Waals surface area contributed by atoms with Crippen molar-refractivity contribution in [2.75, 3.05) is 19.6 Å². The summed E-state index contributed by atoms with van der Waals surface area (Å²) in [4.78, 5) is 2.50. The zero-order valence-corrected chi connectivity index (χ0v) is 10.7. The van der Waals surface area contributed by atoms with Gasteiger partial charge in [0.25, 0.3) is 0 Å². The van der Waals surface area contributed by atoms with Crippen molar-refractivity contribution >= 4 is 0 Å². The van der Waals surface area contributed by atoms with Gasteiger partial charge in [-0.3, -0.25) is 4.90 Å². The predicted octanol–water partition coefficient (Wildman–Crippen LogP) is 2.51. The second kappa shape index (κ2) is 7.42. The quantitative estimate of drug-likeness (QED) is 0.710. The Morgan fingerprint density at radius 2 is 1.88 bits per heavy atom. The molecule has 0 fully saturated rings. The molecule has 0 heterocycles. The van der Waals surface area contributed by atoms with Gasteiger partial charge >= 0.3 is 0 Å². The average Bonchev–Trinajstić information content (AvgIpc) is 2.29. The minimum absolute atomic E-state index is 0.596. The van der Waals surface area contributed by atoms with Crippen molar-refractivity contribution in [2.24, 2.45) is 0 Å². The van der Waals surface area contributed by atoms with Gasteiger partial charge < -0.3 is 5.32 Å². The largest absolute Gasteiger partial charge is 0.316 e. The minimum atomic E-state index is 0.596. The summed E-state index contributed by atoms with van der Waals surface area (Å²) in [7, 11) is 0. The van der Waals surface area contributed by atoms with Gasteiger partial charge in [0.1, 0.15) is 0 Å². The summed E-state index contributed by atoms with van der Waals surface area (Å²) in [6.07, 6.45) is 0. The molecule has 2 heteroatoms. The summed E-state index contributed by atoms with van der Waals surface area (Å²) in [5.41, 5.74) is 1.40. The fourth-order valence-corrected chi connectivity index (χ4v) is 1.74. The first-order chi connectivity index (χ1) is 7.74. The van der Waals surface area contributed by atoms with E-state index in [-0.39, 0.29) is 0 Å². The number of rotatable bonds is 7. The molecule has 0 unspecified atom stereocenters. The molecule has 16 heavy (non-hydrogen) atoms. The summed E-state index contributed by atoms with van der Waals surface area (Å²) in [5, 5.41) is 3.38. The molecule has 0 saturated heterocycles. The molecule has 1 aromatic rings. The van der Waals surface area contributed by atoms with E-state index in [0.29, 0.717) is 6.04 Å². The van der Waals surface area contributed by atoms with E-state index in [0.717, 1.165) is 26.2 Å². The van der Waals surface area contributed by atoms with Gasteiger partial charge in [-0.15, -0.1) is 0 Å². The molecule has 90 valence electrons. The highest BCUT2D eigenvalue weighted by Crippen LogP contribution is 2.07. The first-order valence-corrected chi connectivity index (χ1v) is 6.22. The van der Waals surface area contributed by atoms with Gasteiger partial charge in [-0.25, -0.2) is 0 Å². The smallest absolute Gasteiger partial charge is 0.0236 e. The Kier molecular flexibility index (Phi) is 6.12. The standard InChI is InChI=1S/C14H24N2/c1-4-15-10-11-16(13(2)3)12-14-8-6-5-7-9-14/h5-9,13,15H,4,10-12H2,1-3H3. The van der Waals surface area contributed by atoms with Gasteiger partial charge in [-0.2, -0.15) is 0 Å². The first kappa shape index (κ1) is 13.2. The van der Waals surface area contributed by atoms with Crippen LogP contribution >= 0.6 is 0 Å². The van der Waals surface area contributed by atoms with Crippen molar-refractivity contribution < 1.29 is 0 Å². The fraction of sp³-hybridized carbons (Fsp3) is 0.571. The molecule has 2 nitrogen and oxygen atoms in total. The van der Waals surface area contributed by atoms with Crippen LogP contribution in [0.2, 0.25) is 0 Å². The Labute approximate surface area is 99.7 Å². The molecular formula is C14H24N2. The van der Waals surface area contributed by atoms with E-state index in [2.05, 4.69) is 61.3 Å². The predicted molar refractivity (Wildman–Crippen MR) is 70.5 cm³/mol. The number of likely N-dealkylation sites (N-methyl/N-ethyl adjacent to an activating group) is 1. The van der Waals surface area contributed by atoms with Crippen molar-refractivity contribution in [3.8, 4) is 0 Å². The number of nitrogens with zero attached hydrogens (tertiary/aromatic N) is 1. The summed E-state index contributed by atoms with van der Waals surface area (Å²) >= 11 is 0. The second-order valence-corrected chi connectivity index (χ2v) is 4.40. The molecule has 0 amide bonds. The molecule has 0 aliphatic rings. The monoisotopic (exact) mass is 220 g/mol. The number of nitrogens with one attached hydrogen (secondary N) is 1. The van der Waals surface area contributed by atoms with Crippen LogP contribution in [0.4, 0.5) is 0 Å². The van der Waals surface area contributed by atoms with Gasteiger partial charge in [0.15, 0.2) is 0 Å². The van der Waals surface area contributed by atoms with Gasteiger partial charge in [0, 0.05) is 25.7 Å². The van der Waals surface area contributed by atoms with E-state index < -0.39 is 0 Å². The molecule has 0 radical (unpaired) electrons. The van der Waals surface area contributed by atoms with Crippen LogP contribution in [0.3, 0.4) is 0 Å². The Morgan fingerprint density at radius 3 is 2.44 bits per heavy atom. The SMILES string of the molecule is CCNCCN(Cc1ccccc1)C(C)C. The molecule has 0 atom stereocenters. The lowest BCUT2D eigenvalue weighted by atomic mass is 10.2. The van der Waals surface area contributed by atoms with Crippen LogP contribution in [0.25, 0.3) is 0 Å². The molecule has 0 aliphatic heterocycles. The van der Waals surface area contributed by atoms with Gasteiger partial charge in [0.05, 0.1) is 0 Å². The molecule has 1 aromatic carbocycles. The van der Waals surface area contributed by atoms with Crippen LogP contribution in [0.1, 0.15) is 26.3 Å². The molecule has 0 aromatic heterocycles. The Balaban J connectivity index is 2.45. The molecular weight excluding hydrogens is 196 g/mol. The van der Waals surface area contributed by atoms with E-state index >= 15 is 0 Å². The number of hydrogen-bond acceptors (Lipinski definition) is 2. The van der Waals surface area contributed by atoms with Crippen LogP contribution in [0.15, 0.2) is 30.3 Å². The van der Waals surface area contributed by atoms with E-state index in [4.69, 9.17) is 0 Å². The maximum atomic E-state index is 3.38. The minimum Gasteiger partial charge on any atom is -0.316 e. The van der Waals surface area contributed by atoms with Crippen molar-refractivity contribution in [1.29, 1.82) is 0 Å². The highest BCUT2D eigenvalue weighted by atomic mass is 15.2. The van der Waals surface area contributed by atoms with Crippen LogP contribution < -0.4 is 5.32 Å². The number of hydrogen-bond donors (Lipinski definition) is 1. The lowest BCUT2D eigenvalue weighted by Crippen LogP contribution is -2.36. The zero-order chi connectivity index (χ0) is 11.8. The van der Waals surface area contributed by atoms with Gasteiger partial charge in [-0.05, 0) is 26.0 Å². The fourth-order valence-electron chi connectivity index (χ4n) is 1.74. The molecule has 0 aliphatic carbocycles. The van der Waals surface area contributed by atoms with E-state index in [1.165, 1.54) is 5.56 Å². The molecule has 0 bridgehead atoms. The Hall–Kier alpha value is -0.860. The Bertz CT molecular complexity index is 269. The van der Waals surface area contributed by atoms with Gasteiger partial charge in [-0.1, -0.05) is 37.3 Å². The maximum absolute atomic E-state index is 3.38. The van der Waals surface area contributed by atoms with E-state index in [1.807, 2.05) is 0 Å². The maximum Gasteiger partial charge on any atom is 0.0236 e. The zero-order valence-electron chi connectivity index (χ0n) is 10.7. The summed E-state index contributed by atoms with van der Waals surface area (Å²) in [6.45, 7) is 10.9. The van der Waals surface area contributed by atoms with Crippen molar-refractivity contribution in [1.82, 2.24) is 10.2 Å². The number of benzene rings is 1. The highest BCUT2D eigenvalue weighted by molar-refractivity contribution is 5.14. The van der Waals surface area contributed by atoms with E-state index in [9.17, 15) is 0 Å². The van der Waals surface area contributed by atoms with E-state index in [1.54, 1.807) is 0 Å². The summed E-state index contributed by atoms with van der Waals surface area (Å²) in [6, 6.07) is 11.3. The second-order valence-electron chi connectivity index (χ2n) is 4.40. The summed E-state index contributed by atoms with van der Waals surface area (Å²) < 4.78 is 0. The van der Waals surface area contributed by atoms with Crippen LogP contribution in [0.5, 0.6) is 0 Å². The third-order valence-electron chi connectivity index (χ3n) is 2.78. The third-order valence-corrected chi connectivity index (χ3v) is 2.78.